The molecular formula is C14H27N3O2. The number of amides is 2. The number of nitrogens with one attached hydrogen (secondary N) is 2. The van der Waals surface area contributed by atoms with E-state index in [1.807, 2.05) is 13.8 Å². The first kappa shape index (κ1) is 16.0. The predicted octanol–water partition coefficient (Wildman–Crippen LogP) is 0.782. The lowest BCUT2D eigenvalue weighted by molar-refractivity contribution is -0.129. The van der Waals surface area contributed by atoms with Crippen LogP contribution < -0.4 is 16.4 Å². The van der Waals surface area contributed by atoms with Gasteiger partial charge in [0.1, 0.15) is 0 Å². The largest absolute Gasteiger partial charge is 0.355 e. The molecule has 0 spiro atoms. The van der Waals surface area contributed by atoms with Gasteiger partial charge in [-0.05, 0) is 31.6 Å². The summed E-state index contributed by atoms with van der Waals surface area (Å²) >= 11 is 0. The minimum Gasteiger partial charge on any atom is -0.355 e. The molecule has 19 heavy (non-hydrogen) atoms. The standard InChI is InChI=1S/C14H27N3O2/c1-3-7-16-13(18)9-17-14(19)10(2)11-5-4-6-12(15)8-11/h10-12H,3-9,15H2,1-2H3,(H,16,18)(H,17,19). The fourth-order valence-electron chi connectivity index (χ4n) is 2.59. The third-order valence-corrected chi connectivity index (χ3v) is 3.87. The molecule has 0 saturated heterocycles. The average molecular weight is 269 g/mol. The Bertz CT molecular complexity index is 307. The lowest BCUT2D eigenvalue weighted by atomic mass is 9.78. The molecule has 4 N–H and O–H groups in total. The van der Waals surface area contributed by atoms with Gasteiger partial charge >= 0.3 is 0 Å². The molecule has 0 aromatic heterocycles. The van der Waals surface area contributed by atoms with Gasteiger partial charge in [-0.25, -0.2) is 0 Å². The van der Waals surface area contributed by atoms with E-state index in [1.165, 1.54) is 0 Å². The molecule has 1 saturated carbocycles. The Kier molecular flexibility index (Phi) is 6.84. The molecule has 0 radical (unpaired) electrons. The van der Waals surface area contributed by atoms with Crippen LogP contribution in [0.1, 0.15) is 46.0 Å². The summed E-state index contributed by atoms with van der Waals surface area (Å²) in [7, 11) is 0. The molecule has 0 aromatic carbocycles. The van der Waals surface area contributed by atoms with Gasteiger partial charge in [0.2, 0.25) is 11.8 Å². The molecule has 0 heterocycles. The van der Waals surface area contributed by atoms with Crippen molar-refractivity contribution in [2.75, 3.05) is 13.1 Å². The van der Waals surface area contributed by atoms with Crippen LogP contribution in [0.15, 0.2) is 0 Å². The number of carbonyl (C=O) groups is 2. The van der Waals surface area contributed by atoms with Crippen LogP contribution in [0.2, 0.25) is 0 Å². The van der Waals surface area contributed by atoms with E-state index in [1.54, 1.807) is 0 Å². The third kappa shape index (κ3) is 5.59. The Hall–Kier alpha value is -1.10. The lowest BCUT2D eigenvalue weighted by Gasteiger charge is -2.30. The molecular weight excluding hydrogens is 242 g/mol. The van der Waals surface area contributed by atoms with Crippen molar-refractivity contribution in [2.45, 2.75) is 52.0 Å². The number of hydrogen-bond acceptors (Lipinski definition) is 3. The maximum Gasteiger partial charge on any atom is 0.239 e. The maximum absolute atomic E-state index is 12.0. The SMILES string of the molecule is CCCNC(=O)CNC(=O)C(C)C1CCCC(N)C1. The first-order valence-corrected chi connectivity index (χ1v) is 7.34. The molecule has 1 aliphatic rings. The molecule has 1 rings (SSSR count). The summed E-state index contributed by atoms with van der Waals surface area (Å²) in [6.07, 6.45) is 5.03. The van der Waals surface area contributed by atoms with Crippen molar-refractivity contribution in [1.29, 1.82) is 0 Å². The van der Waals surface area contributed by atoms with Gasteiger partial charge in [0.15, 0.2) is 0 Å². The number of hydrogen-bond donors (Lipinski definition) is 3. The number of carbonyl (C=O) groups excluding carboxylic acids is 2. The minimum absolute atomic E-state index is 0.0363. The summed E-state index contributed by atoms with van der Waals surface area (Å²) in [5.74, 6) is 0.126. The van der Waals surface area contributed by atoms with E-state index in [2.05, 4.69) is 10.6 Å². The first-order valence-electron chi connectivity index (χ1n) is 7.34. The summed E-state index contributed by atoms with van der Waals surface area (Å²) in [6, 6.07) is 0.224. The Labute approximate surface area is 115 Å². The Morgan fingerprint density at radius 1 is 1.32 bits per heavy atom. The van der Waals surface area contributed by atoms with Gasteiger partial charge < -0.3 is 16.4 Å². The van der Waals surface area contributed by atoms with E-state index in [0.29, 0.717) is 12.5 Å². The van der Waals surface area contributed by atoms with Crippen LogP contribution in [0.5, 0.6) is 0 Å². The quantitative estimate of drug-likeness (QED) is 0.666. The lowest BCUT2D eigenvalue weighted by Crippen LogP contribution is -2.42. The monoisotopic (exact) mass is 269 g/mol. The van der Waals surface area contributed by atoms with E-state index in [0.717, 1.165) is 32.1 Å². The summed E-state index contributed by atoms with van der Waals surface area (Å²) in [5, 5.41) is 5.45. The van der Waals surface area contributed by atoms with E-state index in [4.69, 9.17) is 5.73 Å². The molecule has 3 atom stereocenters. The van der Waals surface area contributed by atoms with Gasteiger partial charge in [-0.15, -0.1) is 0 Å². The average Bonchev–Trinajstić information content (AvgIpc) is 2.41. The smallest absolute Gasteiger partial charge is 0.239 e. The van der Waals surface area contributed by atoms with E-state index < -0.39 is 0 Å². The predicted molar refractivity (Wildman–Crippen MR) is 75.4 cm³/mol. The molecule has 110 valence electrons. The molecule has 1 fully saturated rings. The zero-order chi connectivity index (χ0) is 14.3. The van der Waals surface area contributed by atoms with E-state index in [-0.39, 0.29) is 30.3 Å². The van der Waals surface area contributed by atoms with Crippen LogP contribution in [0, 0.1) is 11.8 Å². The highest BCUT2D eigenvalue weighted by Crippen LogP contribution is 2.29. The van der Waals surface area contributed by atoms with Crippen LogP contribution in [0.25, 0.3) is 0 Å². The first-order chi connectivity index (χ1) is 9.04. The second-order valence-corrected chi connectivity index (χ2v) is 5.54. The normalized spacial score (nSPS) is 24.6. The highest BCUT2D eigenvalue weighted by molar-refractivity contribution is 5.85. The van der Waals surface area contributed by atoms with Crippen molar-refractivity contribution < 1.29 is 9.59 Å². The molecule has 5 nitrogen and oxygen atoms in total. The molecule has 3 unspecified atom stereocenters. The molecule has 5 heteroatoms. The van der Waals surface area contributed by atoms with Crippen LogP contribution in [-0.4, -0.2) is 30.9 Å². The van der Waals surface area contributed by atoms with Gasteiger partial charge in [0.05, 0.1) is 6.54 Å². The van der Waals surface area contributed by atoms with Crippen molar-refractivity contribution in [1.82, 2.24) is 10.6 Å². The van der Waals surface area contributed by atoms with E-state index in [9.17, 15) is 9.59 Å². The van der Waals surface area contributed by atoms with Gasteiger partial charge in [0, 0.05) is 18.5 Å². The summed E-state index contributed by atoms with van der Waals surface area (Å²) < 4.78 is 0. The van der Waals surface area contributed by atoms with Crippen LogP contribution >= 0.6 is 0 Å². The van der Waals surface area contributed by atoms with Crippen molar-refractivity contribution >= 4 is 11.8 Å². The van der Waals surface area contributed by atoms with E-state index >= 15 is 0 Å². The fraction of sp³-hybridized carbons (Fsp3) is 0.857. The summed E-state index contributed by atoms with van der Waals surface area (Å²) in [5.41, 5.74) is 5.94. The van der Waals surface area contributed by atoms with Crippen LogP contribution in [-0.2, 0) is 9.59 Å². The molecule has 0 aromatic rings. The Morgan fingerprint density at radius 3 is 2.68 bits per heavy atom. The third-order valence-electron chi connectivity index (χ3n) is 3.87. The molecule has 0 aliphatic heterocycles. The molecule has 2 amide bonds. The van der Waals surface area contributed by atoms with Crippen molar-refractivity contribution in [2.24, 2.45) is 17.6 Å². The summed E-state index contributed by atoms with van der Waals surface area (Å²) in [6.45, 7) is 4.65. The summed E-state index contributed by atoms with van der Waals surface area (Å²) in [4.78, 5) is 23.4. The number of nitrogens with two attached hydrogens (primary N) is 1. The second-order valence-electron chi connectivity index (χ2n) is 5.54. The molecule has 0 bridgehead atoms. The number of rotatable bonds is 6. The molecule has 1 aliphatic carbocycles. The zero-order valence-corrected chi connectivity index (χ0v) is 12.1. The van der Waals surface area contributed by atoms with Gasteiger partial charge in [-0.2, -0.15) is 0 Å². The fourth-order valence-corrected chi connectivity index (χ4v) is 2.59. The zero-order valence-electron chi connectivity index (χ0n) is 12.1. The minimum atomic E-state index is -0.122. The van der Waals surface area contributed by atoms with Crippen molar-refractivity contribution in [3.8, 4) is 0 Å². The van der Waals surface area contributed by atoms with Gasteiger partial charge in [0.25, 0.3) is 0 Å². The van der Waals surface area contributed by atoms with Crippen molar-refractivity contribution in [3.63, 3.8) is 0 Å². The Morgan fingerprint density at radius 2 is 2.05 bits per heavy atom. The topological polar surface area (TPSA) is 84.2 Å². The Balaban J connectivity index is 2.30. The van der Waals surface area contributed by atoms with Gasteiger partial charge in [-0.3, -0.25) is 9.59 Å². The van der Waals surface area contributed by atoms with Crippen LogP contribution in [0.4, 0.5) is 0 Å². The maximum atomic E-state index is 12.0. The highest BCUT2D eigenvalue weighted by atomic mass is 16.2. The highest BCUT2D eigenvalue weighted by Gasteiger charge is 2.28. The van der Waals surface area contributed by atoms with Crippen molar-refractivity contribution in [3.05, 3.63) is 0 Å². The van der Waals surface area contributed by atoms with Crippen LogP contribution in [0.3, 0.4) is 0 Å². The van der Waals surface area contributed by atoms with Gasteiger partial charge in [-0.1, -0.05) is 20.3 Å². The second kappa shape index (κ2) is 8.15.